The molecule has 0 aromatic heterocycles. The molecule has 1 N–H and O–H groups in total. The minimum atomic E-state index is -0.853. The van der Waals surface area contributed by atoms with Gasteiger partial charge in [0, 0.05) is 27.2 Å². The number of ether oxygens (including phenoxy) is 1. The van der Waals surface area contributed by atoms with Crippen molar-refractivity contribution in [1.29, 1.82) is 0 Å². The first-order chi connectivity index (χ1) is 15.8. The molecule has 2 fully saturated rings. The average Bonchev–Trinajstić information content (AvgIpc) is 3.19. The minimum absolute atomic E-state index is 0.0839. The molecule has 4 rings (SSSR count). The highest BCUT2D eigenvalue weighted by molar-refractivity contribution is 6.25. The molecule has 3 aliphatic rings. The molecule has 10 nitrogen and oxygen atoms in total. The molecule has 2 saturated heterocycles. The number of imide groups is 1. The number of hydrogen-bond acceptors (Lipinski definition) is 5. The summed E-state index contributed by atoms with van der Waals surface area (Å²) in [5.74, 6) is 1.39. The molecule has 2 unspecified atom stereocenters. The van der Waals surface area contributed by atoms with Gasteiger partial charge in [0.2, 0.25) is 11.9 Å². The van der Waals surface area contributed by atoms with Gasteiger partial charge in [-0.2, -0.15) is 0 Å². The predicted octanol–water partition coefficient (Wildman–Crippen LogP) is -0.0909. The number of hydrogen-bond donors (Lipinski definition) is 1. The van der Waals surface area contributed by atoms with E-state index in [0.29, 0.717) is 17.5 Å². The number of guanidine groups is 1. The van der Waals surface area contributed by atoms with Gasteiger partial charge in [-0.1, -0.05) is 24.0 Å². The van der Waals surface area contributed by atoms with Gasteiger partial charge in [-0.25, -0.2) is 9.69 Å². The SMILES string of the molecule is CCc1cccc(OCC(O)CN2C(=[N+]3CCN(C)CC3)N=C3C2C(=O)N(C)C(=O)N3C)c1. The van der Waals surface area contributed by atoms with Crippen LogP contribution in [0.2, 0.25) is 0 Å². The molecule has 1 aromatic carbocycles. The number of β-amino-alcohol motifs (C(OH)–C–C–N with tert-alkyl or cyclic N) is 1. The second-order valence-corrected chi connectivity index (χ2v) is 8.82. The lowest BCUT2D eigenvalue weighted by Crippen LogP contribution is -2.63. The third-order valence-electron chi connectivity index (χ3n) is 6.45. The van der Waals surface area contributed by atoms with Crippen molar-refractivity contribution in [3.63, 3.8) is 0 Å². The van der Waals surface area contributed by atoms with E-state index in [1.165, 1.54) is 11.9 Å². The smallest absolute Gasteiger partial charge is 0.392 e. The number of aliphatic imine (C=N–C) groups is 1. The highest BCUT2D eigenvalue weighted by atomic mass is 16.5. The number of carbonyl (C=O) groups is 2. The Balaban J connectivity index is 1.56. The van der Waals surface area contributed by atoms with Crippen LogP contribution in [0.4, 0.5) is 4.79 Å². The number of aliphatic hydroxyl groups is 1. The summed E-state index contributed by atoms with van der Waals surface area (Å²) in [5.41, 5.74) is 1.16. The first kappa shape index (κ1) is 23.2. The van der Waals surface area contributed by atoms with Crippen LogP contribution in [0.15, 0.2) is 29.3 Å². The van der Waals surface area contributed by atoms with Crippen LogP contribution < -0.4 is 4.74 Å². The van der Waals surface area contributed by atoms with Crippen LogP contribution in [-0.2, 0) is 11.2 Å². The number of aliphatic hydroxyl groups excluding tert-OH is 1. The summed E-state index contributed by atoms with van der Waals surface area (Å²) >= 11 is 0. The molecule has 3 aliphatic heterocycles. The number of piperazine rings is 1. The Morgan fingerprint density at radius 1 is 1.18 bits per heavy atom. The number of benzene rings is 1. The van der Waals surface area contributed by atoms with E-state index in [1.54, 1.807) is 7.05 Å². The first-order valence-electron chi connectivity index (χ1n) is 11.4. The van der Waals surface area contributed by atoms with Gasteiger partial charge in [0.15, 0.2) is 0 Å². The van der Waals surface area contributed by atoms with Crippen molar-refractivity contribution in [2.75, 3.05) is 60.5 Å². The molecule has 3 amide bonds. The van der Waals surface area contributed by atoms with Crippen molar-refractivity contribution >= 4 is 23.7 Å². The molecule has 2 atom stereocenters. The van der Waals surface area contributed by atoms with Gasteiger partial charge in [0.1, 0.15) is 18.5 Å². The zero-order valence-electron chi connectivity index (χ0n) is 19.8. The fourth-order valence-electron chi connectivity index (χ4n) is 4.36. The van der Waals surface area contributed by atoms with Crippen LogP contribution in [0.1, 0.15) is 12.5 Å². The van der Waals surface area contributed by atoms with Gasteiger partial charge in [0.05, 0.1) is 19.6 Å². The van der Waals surface area contributed by atoms with Crippen LogP contribution >= 0.6 is 0 Å². The van der Waals surface area contributed by atoms with E-state index in [9.17, 15) is 14.7 Å². The molecule has 1 aromatic rings. The Hall–Kier alpha value is -2.98. The van der Waals surface area contributed by atoms with Crippen LogP contribution in [-0.4, -0.2) is 126 Å². The summed E-state index contributed by atoms with van der Waals surface area (Å²) in [6.45, 7) is 5.57. The largest absolute Gasteiger partial charge is 0.491 e. The molecular formula is C23H33N6O4+. The summed E-state index contributed by atoms with van der Waals surface area (Å²) in [6.07, 6.45) is 0.0499. The Kier molecular flexibility index (Phi) is 6.66. The van der Waals surface area contributed by atoms with Crippen molar-refractivity contribution in [1.82, 2.24) is 19.6 Å². The zero-order chi connectivity index (χ0) is 23.7. The minimum Gasteiger partial charge on any atom is -0.491 e. The third kappa shape index (κ3) is 4.58. The quantitative estimate of drug-likeness (QED) is 0.601. The lowest BCUT2D eigenvalue weighted by Gasteiger charge is -2.34. The highest BCUT2D eigenvalue weighted by Gasteiger charge is 2.55. The fraction of sp³-hybridized carbons (Fsp3) is 0.565. The summed E-state index contributed by atoms with van der Waals surface area (Å²) in [4.78, 5) is 36.9. The molecule has 178 valence electrons. The molecule has 0 bridgehead atoms. The number of fused-ring (bicyclic) bond motifs is 1. The number of amides is 3. The lowest BCUT2D eigenvalue weighted by atomic mass is 10.1. The maximum atomic E-state index is 13.1. The summed E-state index contributed by atoms with van der Waals surface area (Å²) in [5, 5.41) is 10.9. The van der Waals surface area contributed by atoms with E-state index < -0.39 is 18.2 Å². The molecule has 33 heavy (non-hydrogen) atoms. The summed E-state index contributed by atoms with van der Waals surface area (Å²) in [6, 6.07) is 6.65. The Labute approximate surface area is 194 Å². The molecule has 0 spiro atoms. The molecule has 10 heteroatoms. The molecular weight excluding hydrogens is 424 g/mol. The van der Waals surface area contributed by atoms with Crippen molar-refractivity contribution in [2.24, 2.45) is 4.99 Å². The number of rotatable bonds is 6. The van der Waals surface area contributed by atoms with Crippen LogP contribution in [0.3, 0.4) is 0 Å². The molecule has 0 aliphatic carbocycles. The normalized spacial score (nSPS) is 22.6. The second-order valence-electron chi connectivity index (χ2n) is 8.82. The number of urea groups is 1. The summed E-state index contributed by atoms with van der Waals surface area (Å²) < 4.78 is 7.95. The monoisotopic (exact) mass is 457 g/mol. The van der Waals surface area contributed by atoms with Crippen LogP contribution in [0.25, 0.3) is 0 Å². The molecule has 0 radical (unpaired) electrons. The highest BCUT2D eigenvalue weighted by Crippen LogP contribution is 2.24. The van der Waals surface area contributed by atoms with Crippen LogP contribution in [0, 0.1) is 0 Å². The number of amidine groups is 1. The standard InChI is InChI=1S/C23H33N6O4/c1-5-16-7-6-8-18(13-16)33-15-17(30)14-29-19-20(26(3)23(32)27(4)21(19)31)24-22(29)28-11-9-25(2)10-12-28/h6-8,13,17,19,30H,5,9-12,14-15H2,1-4H3/q+1. The second kappa shape index (κ2) is 9.48. The van der Waals surface area contributed by atoms with E-state index in [-0.39, 0.29) is 19.1 Å². The third-order valence-corrected chi connectivity index (χ3v) is 6.45. The predicted molar refractivity (Wildman–Crippen MR) is 124 cm³/mol. The average molecular weight is 458 g/mol. The number of likely N-dealkylation sites (N-methyl/N-ethyl adjacent to an activating group) is 3. The van der Waals surface area contributed by atoms with E-state index in [1.807, 2.05) is 29.2 Å². The summed E-state index contributed by atoms with van der Waals surface area (Å²) in [7, 11) is 5.17. The van der Waals surface area contributed by atoms with Crippen molar-refractivity contribution in [3.8, 4) is 5.75 Å². The van der Waals surface area contributed by atoms with Crippen molar-refractivity contribution in [2.45, 2.75) is 25.5 Å². The van der Waals surface area contributed by atoms with Gasteiger partial charge in [0.25, 0.3) is 5.91 Å². The van der Waals surface area contributed by atoms with E-state index in [4.69, 9.17) is 9.73 Å². The van der Waals surface area contributed by atoms with Gasteiger partial charge in [-0.3, -0.25) is 19.2 Å². The Bertz CT molecular complexity index is 983. The van der Waals surface area contributed by atoms with Gasteiger partial charge in [-0.05, 0) is 31.2 Å². The maximum absolute atomic E-state index is 13.1. The van der Waals surface area contributed by atoms with Crippen molar-refractivity contribution in [3.05, 3.63) is 29.8 Å². The maximum Gasteiger partial charge on any atom is 0.392 e. The number of carbonyl (C=O) groups excluding carboxylic acids is 2. The fourth-order valence-corrected chi connectivity index (χ4v) is 4.36. The number of aryl methyl sites for hydroxylation is 1. The zero-order valence-corrected chi connectivity index (χ0v) is 19.8. The van der Waals surface area contributed by atoms with Gasteiger partial charge >= 0.3 is 12.0 Å². The molecule has 0 saturated carbocycles. The van der Waals surface area contributed by atoms with E-state index in [2.05, 4.69) is 23.4 Å². The van der Waals surface area contributed by atoms with Gasteiger partial charge in [-0.15, -0.1) is 0 Å². The lowest BCUT2D eigenvalue weighted by molar-refractivity contribution is -0.544. The van der Waals surface area contributed by atoms with Crippen LogP contribution in [0.5, 0.6) is 5.75 Å². The van der Waals surface area contributed by atoms with Crippen molar-refractivity contribution < 1.29 is 24.0 Å². The first-order valence-corrected chi connectivity index (χ1v) is 11.4. The number of nitrogens with zero attached hydrogens (tertiary/aromatic N) is 6. The topological polar surface area (TPSA) is 91.9 Å². The Morgan fingerprint density at radius 3 is 2.61 bits per heavy atom. The van der Waals surface area contributed by atoms with Gasteiger partial charge < -0.3 is 14.7 Å². The Morgan fingerprint density at radius 2 is 1.91 bits per heavy atom. The van der Waals surface area contributed by atoms with E-state index in [0.717, 1.165) is 43.1 Å². The van der Waals surface area contributed by atoms with E-state index >= 15 is 0 Å². The molecule has 3 heterocycles.